The Morgan fingerprint density at radius 1 is 1.50 bits per heavy atom. The van der Waals surface area contributed by atoms with Crippen LogP contribution in [0.3, 0.4) is 0 Å². The Kier molecular flexibility index (Phi) is 3.04. The summed E-state index contributed by atoms with van der Waals surface area (Å²) in [5, 5.41) is 0. The highest BCUT2D eigenvalue weighted by Crippen LogP contribution is 2.59. The van der Waals surface area contributed by atoms with Gasteiger partial charge in [-0.1, -0.05) is 0 Å². The van der Waals surface area contributed by atoms with E-state index in [0.717, 1.165) is 6.20 Å². The number of halogens is 3. The van der Waals surface area contributed by atoms with Crippen LogP contribution in [0.4, 0.5) is 13.2 Å². The highest BCUT2D eigenvalue weighted by Gasteiger charge is 2.65. The van der Waals surface area contributed by atoms with Gasteiger partial charge >= 0.3 is 12.1 Å². The van der Waals surface area contributed by atoms with E-state index in [-0.39, 0.29) is 30.6 Å². The zero-order valence-corrected chi connectivity index (χ0v) is 9.75. The van der Waals surface area contributed by atoms with Crippen LogP contribution in [0.25, 0.3) is 0 Å². The van der Waals surface area contributed by atoms with Crippen LogP contribution in [0.1, 0.15) is 35.7 Å². The van der Waals surface area contributed by atoms with Gasteiger partial charge in [0.15, 0.2) is 0 Å². The van der Waals surface area contributed by atoms with Crippen LogP contribution in [0.2, 0.25) is 0 Å². The predicted molar refractivity (Wildman–Crippen MR) is 57.2 cm³/mol. The normalized spacial score (nSPS) is 17.3. The Balaban J connectivity index is 2.43. The Labute approximate surface area is 102 Å². The molecular formula is C12H12F3NO2. The molecule has 0 aromatic carbocycles. The molecule has 1 aliphatic carbocycles. The fourth-order valence-electron chi connectivity index (χ4n) is 2.01. The van der Waals surface area contributed by atoms with Crippen molar-refractivity contribution < 1.29 is 22.7 Å². The average Bonchev–Trinajstić information content (AvgIpc) is 3.09. The van der Waals surface area contributed by atoms with Gasteiger partial charge in [-0.15, -0.1) is 0 Å². The Morgan fingerprint density at radius 3 is 2.67 bits per heavy atom. The van der Waals surface area contributed by atoms with Gasteiger partial charge in [-0.3, -0.25) is 4.98 Å². The van der Waals surface area contributed by atoms with E-state index < -0.39 is 17.6 Å². The molecule has 98 valence electrons. The molecule has 6 heteroatoms. The monoisotopic (exact) mass is 259 g/mol. The third-order valence-corrected chi connectivity index (χ3v) is 3.12. The molecule has 1 aromatic rings. The van der Waals surface area contributed by atoms with E-state index in [1.54, 1.807) is 6.92 Å². The molecule has 2 rings (SSSR count). The van der Waals surface area contributed by atoms with E-state index in [4.69, 9.17) is 4.74 Å². The molecule has 0 N–H and O–H groups in total. The lowest BCUT2D eigenvalue weighted by Gasteiger charge is -2.21. The topological polar surface area (TPSA) is 39.2 Å². The molecule has 0 spiro atoms. The van der Waals surface area contributed by atoms with E-state index in [1.807, 2.05) is 0 Å². The van der Waals surface area contributed by atoms with Crippen molar-refractivity contribution in [3.05, 3.63) is 29.6 Å². The molecule has 1 aliphatic rings. The second-order valence-corrected chi connectivity index (χ2v) is 4.22. The maximum Gasteiger partial charge on any atom is 0.398 e. The van der Waals surface area contributed by atoms with Crippen molar-refractivity contribution in [1.82, 2.24) is 4.98 Å². The predicted octanol–water partition coefficient (Wildman–Crippen LogP) is 2.85. The summed E-state index contributed by atoms with van der Waals surface area (Å²) in [6.07, 6.45) is -1.93. The van der Waals surface area contributed by atoms with Gasteiger partial charge in [-0.2, -0.15) is 13.2 Å². The summed E-state index contributed by atoms with van der Waals surface area (Å²) < 4.78 is 43.9. The van der Waals surface area contributed by atoms with Crippen LogP contribution >= 0.6 is 0 Å². The van der Waals surface area contributed by atoms with Crippen LogP contribution in [-0.2, 0) is 10.2 Å². The smallest absolute Gasteiger partial charge is 0.398 e. The zero-order valence-electron chi connectivity index (χ0n) is 9.75. The van der Waals surface area contributed by atoms with Crippen molar-refractivity contribution in [2.24, 2.45) is 0 Å². The minimum Gasteiger partial charge on any atom is -0.462 e. The van der Waals surface area contributed by atoms with Crippen molar-refractivity contribution in [2.45, 2.75) is 31.4 Å². The molecule has 0 unspecified atom stereocenters. The SMILES string of the molecule is CCOC(=O)c1cnccc1C1(C(F)(F)F)CC1. The minimum atomic E-state index is -4.35. The second-order valence-electron chi connectivity index (χ2n) is 4.22. The number of hydrogen-bond donors (Lipinski definition) is 0. The highest BCUT2D eigenvalue weighted by molar-refractivity contribution is 5.91. The molecule has 0 radical (unpaired) electrons. The van der Waals surface area contributed by atoms with Gasteiger partial charge in [-0.25, -0.2) is 4.79 Å². The molecule has 0 atom stereocenters. The first kappa shape index (κ1) is 12.9. The molecule has 0 amide bonds. The van der Waals surface area contributed by atoms with Crippen molar-refractivity contribution in [2.75, 3.05) is 6.61 Å². The lowest BCUT2D eigenvalue weighted by Crippen LogP contribution is -2.30. The van der Waals surface area contributed by atoms with Crippen molar-refractivity contribution in [3.8, 4) is 0 Å². The first-order valence-corrected chi connectivity index (χ1v) is 5.61. The van der Waals surface area contributed by atoms with Crippen molar-refractivity contribution >= 4 is 5.97 Å². The standard InChI is InChI=1S/C12H12F3NO2/c1-2-18-10(17)8-7-16-6-3-9(8)11(4-5-11)12(13,14)15/h3,6-7H,2,4-5H2,1H3. The molecule has 0 bridgehead atoms. The number of carbonyl (C=O) groups excluding carboxylic acids is 1. The van der Waals surface area contributed by atoms with Crippen molar-refractivity contribution in [3.63, 3.8) is 0 Å². The fourth-order valence-corrected chi connectivity index (χ4v) is 2.01. The molecule has 1 heterocycles. The highest BCUT2D eigenvalue weighted by atomic mass is 19.4. The van der Waals surface area contributed by atoms with E-state index in [2.05, 4.69) is 4.98 Å². The lowest BCUT2D eigenvalue weighted by atomic mass is 9.92. The third kappa shape index (κ3) is 1.95. The molecule has 1 saturated carbocycles. The largest absolute Gasteiger partial charge is 0.462 e. The molecular weight excluding hydrogens is 247 g/mol. The average molecular weight is 259 g/mol. The van der Waals surface area contributed by atoms with E-state index in [9.17, 15) is 18.0 Å². The number of alkyl halides is 3. The van der Waals surface area contributed by atoms with E-state index in [0.29, 0.717) is 0 Å². The van der Waals surface area contributed by atoms with Crippen LogP contribution < -0.4 is 0 Å². The number of aromatic nitrogens is 1. The number of ether oxygens (including phenoxy) is 1. The Morgan fingerprint density at radius 2 is 2.17 bits per heavy atom. The van der Waals surface area contributed by atoms with Gasteiger partial charge < -0.3 is 4.74 Å². The summed E-state index contributed by atoms with van der Waals surface area (Å²) in [4.78, 5) is 15.3. The minimum absolute atomic E-state index is 0.00686. The summed E-state index contributed by atoms with van der Waals surface area (Å²) >= 11 is 0. The first-order valence-electron chi connectivity index (χ1n) is 5.61. The van der Waals surface area contributed by atoms with E-state index in [1.165, 1.54) is 12.3 Å². The van der Waals surface area contributed by atoms with Crippen LogP contribution in [-0.4, -0.2) is 23.7 Å². The van der Waals surface area contributed by atoms with Gasteiger partial charge in [0.05, 0.1) is 17.6 Å². The second kappa shape index (κ2) is 4.26. The number of nitrogens with zero attached hydrogens (tertiary/aromatic N) is 1. The molecule has 0 saturated heterocycles. The number of hydrogen-bond acceptors (Lipinski definition) is 3. The number of rotatable bonds is 3. The Hall–Kier alpha value is -1.59. The molecule has 1 fully saturated rings. The van der Waals surface area contributed by atoms with Gasteiger partial charge in [0.25, 0.3) is 0 Å². The molecule has 3 nitrogen and oxygen atoms in total. The summed E-state index contributed by atoms with van der Waals surface area (Å²) in [6.45, 7) is 1.72. The number of carbonyl (C=O) groups is 1. The molecule has 0 aliphatic heterocycles. The lowest BCUT2D eigenvalue weighted by molar-refractivity contribution is -0.160. The van der Waals surface area contributed by atoms with Crippen LogP contribution in [0.5, 0.6) is 0 Å². The van der Waals surface area contributed by atoms with E-state index >= 15 is 0 Å². The fraction of sp³-hybridized carbons (Fsp3) is 0.500. The van der Waals surface area contributed by atoms with Gasteiger partial charge in [0, 0.05) is 12.4 Å². The van der Waals surface area contributed by atoms with Crippen LogP contribution in [0, 0.1) is 0 Å². The zero-order chi connectivity index (χ0) is 13.4. The maximum atomic E-state index is 13.0. The maximum absolute atomic E-state index is 13.0. The summed E-state index contributed by atoms with van der Waals surface area (Å²) in [6, 6.07) is 1.26. The van der Waals surface area contributed by atoms with Gasteiger partial charge in [0.1, 0.15) is 0 Å². The Bertz CT molecular complexity index is 467. The number of esters is 1. The molecule has 1 aromatic heterocycles. The van der Waals surface area contributed by atoms with Gasteiger partial charge in [-0.05, 0) is 31.4 Å². The van der Waals surface area contributed by atoms with Gasteiger partial charge in [0.2, 0.25) is 0 Å². The summed E-state index contributed by atoms with van der Waals surface area (Å²) in [5.74, 6) is -0.754. The quantitative estimate of drug-likeness (QED) is 0.783. The van der Waals surface area contributed by atoms with Crippen molar-refractivity contribution in [1.29, 1.82) is 0 Å². The van der Waals surface area contributed by atoms with Crippen LogP contribution in [0.15, 0.2) is 18.5 Å². The summed E-state index contributed by atoms with van der Waals surface area (Å²) in [7, 11) is 0. The molecule has 18 heavy (non-hydrogen) atoms. The summed E-state index contributed by atoms with van der Waals surface area (Å²) in [5.41, 5.74) is -2.00. The third-order valence-electron chi connectivity index (χ3n) is 3.12. The number of pyridine rings is 1. The first-order chi connectivity index (χ1) is 8.42.